The quantitative estimate of drug-likeness (QED) is 0.427. The molecule has 0 N–H and O–H groups in total. The van der Waals surface area contributed by atoms with Gasteiger partial charge in [0.05, 0.1) is 26.5 Å². The molecule has 0 aromatic heterocycles. The van der Waals surface area contributed by atoms with Crippen LogP contribution in [0, 0.1) is 0 Å². The molecule has 0 aliphatic carbocycles. The third-order valence-corrected chi connectivity index (χ3v) is 4.97. The van der Waals surface area contributed by atoms with Gasteiger partial charge in [-0.1, -0.05) is 6.07 Å². The van der Waals surface area contributed by atoms with Crippen molar-refractivity contribution in [1.82, 2.24) is 0 Å². The molecule has 0 unspecified atom stereocenters. The Bertz CT molecular complexity index is 625. The van der Waals surface area contributed by atoms with Gasteiger partial charge < -0.3 is 9.45 Å². The monoisotopic (exact) mass is 315 g/mol. The topological polar surface area (TPSA) is 94.6 Å². The van der Waals surface area contributed by atoms with Gasteiger partial charge in [0.1, 0.15) is 0 Å². The zero-order chi connectivity index (χ0) is 14.0. The van der Waals surface area contributed by atoms with Gasteiger partial charge in [0.2, 0.25) is 0 Å². The van der Waals surface area contributed by atoms with Crippen LogP contribution < -0.4 is 34.5 Å². The second-order valence-corrected chi connectivity index (χ2v) is 7.61. The normalized spacial score (nSPS) is 11.7. The summed E-state index contributed by atoms with van der Waals surface area (Å²) in [4.78, 5) is 1.74. The summed E-state index contributed by atoms with van der Waals surface area (Å²) in [5, 5.41) is 0. The SMILES string of the molecule is CN(C)c1cccc(S(=O)(=O)CCS(=O)(=O)[O-])c1.[Na+]. The maximum atomic E-state index is 11.8. The summed E-state index contributed by atoms with van der Waals surface area (Å²) in [5.74, 6) is -1.61. The van der Waals surface area contributed by atoms with Gasteiger partial charge >= 0.3 is 29.6 Å². The second kappa shape index (κ2) is 7.05. The number of nitrogens with zero attached hydrogens (tertiary/aromatic N) is 1. The molecular weight excluding hydrogens is 301 g/mol. The molecule has 0 radical (unpaired) electrons. The Morgan fingerprint density at radius 1 is 1.11 bits per heavy atom. The second-order valence-electron chi connectivity index (χ2n) is 3.97. The van der Waals surface area contributed by atoms with Gasteiger partial charge in [-0.2, -0.15) is 0 Å². The Balaban J connectivity index is 0.00000324. The van der Waals surface area contributed by atoms with Crippen LogP contribution in [0.4, 0.5) is 5.69 Å². The molecule has 0 fully saturated rings. The minimum Gasteiger partial charge on any atom is -0.748 e. The van der Waals surface area contributed by atoms with Crippen molar-refractivity contribution in [2.45, 2.75) is 4.90 Å². The van der Waals surface area contributed by atoms with E-state index in [0.29, 0.717) is 5.69 Å². The van der Waals surface area contributed by atoms with Crippen molar-refractivity contribution in [2.75, 3.05) is 30.5 Å². The zero-order valence-corrected chi connectivity index (χ0v) is 14.7. The third-order valence-electron chi connectivity index (χ3n) is 2.30. The number of benzene rings is 1. The van der Waals surface area contributed by atoms with E-state index in [1.54, 1.807) is 31.1 Å². The number of hydrogen-bond donors (Lipinski definition) is 0. The van der Waals surface area contributed by atoms with Crippen LogP contribution in [0.15, 0.2) is 29.2 Å². The minimum atomic E-state index is -4.53. The van der Waals surface area contributed by atoms with Crippen molar-refractivity contribution in [3.05, 3.63) is 24.3 Å². The van der Waals surface area contributed by atoms with E-state index < -0.39 is 31.5 Å². The number of anilines is 1. The molecule has 0 amide bonds. The van der Waals surface area contributed by atoms with Gasteiger partial charge in [-0.05, 0) is 18.2 Å². The van der Waals surface area contributed by atoms with Gasteiger partial charge in [0, 0.05) is 19.8 Å². The molecule has 0 saturated heterocycles. The molecule has 102 valence electrons. The van der Waals surface area contributed by atoms with Gasteiger partial charge in [-0.3, -0.25) is 0 Å². The van der Waals surface area contributed by atoms with Crippen LogP contribution in [0.25, 0.3) is 0 Å². The van der Waals surface area contributed by atoms with Crippen molar-refractivity contribution in [1.29, 1.82) is 0 Å². The first-order valence-electron chi connectivity index (χ1n) is 5.05. The molecule has 0 atom stereocenters. The molecule has 0 aliphatic rings. The standard InChI is InChI=1S/C10H15NO5S2.Na/c1-11(2)9-4-3-5-10(8-9)17(12,13)6-7-18(14,15)16;/h3-5,8H,6-7H2,1-2H3,(H,14,15,16);/q;+1/p-1. The molecule has 0 spiro atoms. The number of sulfone groups is 1. The summed E-state index contributed by atoms with van der Waals surface area (Å²) < 4.78 is 55.0. The Morgan fingerprint density at radius 3 is 2.16 bits per heavy atom. The summed E-state index contributed by atoms with van der Waals surface area (Å²) in [7, 11) is -4.77. The van der Waals surface area contributed by atoms with Crippen LogP contribution in [0.1, 0.15) is 0 Å². The van der Waals surface area contributed by atoms with Crippen LogP contribution in [0.5, 0.6) is 0 Å². The van der Waals surface area contributed by atoms with Gasteiger partial charge in [-0.15, -0.1) is 0 Å². The zero-order valence-electron chi connectivity index (χ0n) is 11.0. The molecule has 6 nitrogen and oxygen atoms in total. The fraction of sp³-hybridized carbons (Fsp3) is 0.400. The average Bonchev–Trinajstić information content (AvgIpc) is 2.26. The van der Waals surface area contributed by atoms with E-state index in [2.05, 4.69) is 0 Å². The average molecular weight is 315 g/mol. The molecule has 1 aromatic rings. The van der Waals surface area contributed by atoms with E-state index in [1.807, 2.05) is 0 Å². The first-order valence-corrected chi connectivity index (χ1v) is 8.28. The molecule has 9 heteroatoms. The van der Waals surface area contributed by atoms with Crippen LogP contribution in [-0.2, 0) is 20.0 Å². The maximum Gasteiger partial charge on any atom is 1.00 e. The Hall–Kier alpha value is -0.120. The van der Waals surface area contributed by atoms with Crippen molar-refractivity contribution in [2.24, 2.45) is 0 Å². The molecule has 1 rings (SSSR count). The number of rotatable bonds is 5. The van der Waals surface area contributed by atoms with E-state index in [4.69, 9.17) is 0 Å². The summed E-state index contributed by atoms with van der Waals surface area (Å²) in [6.45, 7) is 0. The first kappa shape index (κ1) is 18.9. The van der Waals surface area contributed by atoms with Gasteiger partial charge in [0.25, 0.3) is 0 Å². The molecule has 0 bridgehead atoms. The van der Waals surface area contributed by atoms with Crippen molar-refractivity contribution >= 4 is 25.6 Å². The van der Waals surface area contributed by atoms with Crippen LogP contribution in [-0.4, -0.2) is 47.0 Å². The molecular formula is C10H14NNaO5S2. The Kier molecular flexibility index (Phi) is 7.01. The van der Waals surface area contributed by atoms with Crippen LogP contribution in [0.2, 0.25) is 0 Å². The Morgan fingerprint density at radius 2 is 1.68 bits per heavy atom. The van der Waals surface area contributed by atoms with Crippen molar-refractivity contribution < 1.29 is 50.9 Å². The first-order chi connectivity index (χ1) is 8.12. The van der Waals surface area contributed by atoms with Gasteiger partial charge in [-0.25, -0.2) is 16.8 Å². The van der Waals surface area contributed by atoms with E-state index in [0.717, 1.165) is 0 Å². The Labute approximate surface area is 135 Å². The summed E-state index contributed by atoms with van der Waals surface area (Å²) >= 11 is 0. The molecule has 0 aliphatic heterocycles. The van der Waals surface area contributed by atoms with Crippen LogP contribution in [0.3, 0.4) is 0 Å². The fourth-order valence-corrected chi connectivity index (χ4v) is 3.80. The minimum absolute atomic E-state index is 0. The smallest absolute Gasteiger partial charge is 0.748 e. The van der Waals surface area contributed by atoms with E-state index in [9.17, 15) is 21.4 Å². The summed E-state index contributed by atoms with van der Waals surface area (Å²) in [6, 6.07) is 6.10. The van der Waals surface area contributed by atoms with Crippen molar-refractivity contribution in [3.8, 4) is 0 Å². The van der Waals surface area contributed by atoms with Gasteiger partial charge in [0.15, 0.2) is 9.84 Å². The van der Waals surface area contributed by atoms with Crippen molar-refractivity contribution in [3.63, 3.8) is 0 Å². The molecule has 0 saturated carbocycles. The third kappa shape index (κ3) is 6.24. The van der Waals surface area contributed by atoms with E-state index in [-0.39, 0.29) is 34.5 Å². The summed E-state index contributed by atoms with van der Waals surface area (Å²) in [5.41, 5.74) is 0.682. The molecule has 19 heavy (non-hydrogen) atoms. The van der Waals surface area contributed by atoms with E-state index >= 15 is 0 Å². The maximum absolute atomic E-state index is 11.8. The summed E-state index contributed by atoms with van der Waals surface area (Å²) in [6.07, 6.45) is 0. The molecule has 0 heterocycles. The van der Waals surface area contributed by atoms with Crippen LogP contribution >= 0.6 is 0 Å². The largest absolute Gasteiger partial charge is 1.00 e. The predicted molar refractivity (Wildman–Crippen MR) is 67.4 cm³/mol. The fourth-order valence-electron chi connectivity index (χ4n) is 1.28. The number of hydrogen-bond acceptors (Lipinski definition) is 6. The predicted octanol–water partition coefficient (Wildman–Crippen LogP) is -2.92. The molecule has 1 aromatic carbocycles. The van der Waals surface area contributed by atoms with E-state index in [1.165, 1.54) is 12.1 Å².